The molecule has 0 N–H and O–H groups in total. The monoisotopic (exact) mass is 425 g/mol. The van der Waals surface area contributed by atoms with E-state index in [-0.39, 0.29) is 58.3 Å². The molecule has 2 aliphatic rings. The minimum absolute atomic E-state index is 0.0623. The predicted molar refractivity (Wildman–Crippen MR) is 106 cm³/mol. The molecule has 0 aromatic heterocycles. The Kier molecular flexibility index (Phi) is 6.62. The first-order valence-electron chi connectivity index (χ1n) is 9.27. The van der Waals surface area contributed by atoms with Gasteiger partial charge in [-0.3, -0.25) is 9.59 Å². The molecule has 1 aromatic carbocycles. The van der Waals surface area contributed by atoms with Crippen LogP contribution in [0.3, 0.4) is 0 Å². The van der Waals surface area contributed by atoms with Gasteiger partial charge in [0.2, 0.25) is 11.8 Å². The highest BCUT2D eigenvalue weighted by Crippen LogP contribution is 2.44. The molecule has 2 unspecified atom stereocenters. The van der Waals surface area contributed by atoms with E-state index in [9.17, 15) is 14.4 Å². The Bertz CT molecular complexity index is 799. The maximum Gasteiger partial charge on any atom is 0.330 e. The second-order valence-electron chi connectivity index (χ2n) is 6.71. The number of imide groups is 1. The van der Waals surface area contributed by atoms with Crippen molar-refractivity contribution >= 4 is 46.7 Å². The fourth-order valence-corrected chi connectivity index (χ4v) is 4.19. The van der Waals surface area contributed by atoms with E-state index in [1.807, 2.05) is 0 Å². The standard InChI is InChI=1S/C20H21Cl2NO5/c1-2-27-18(24)8-5-9-28-17-11-16(14(21)10-15(17)22)23-19(25)12-6-3-4-7-13(12)20(23)26/h5,8,10-13H,2-4,6-7,9H2,1H3/b8-5+. The molecule has 8 heteroatoms. The molecule has 2 fully saturated rings. The number of hydrogen-bond acceptors (Lipinski definition) is 5. The summed E-state index contributed by atoms with van der Waals surface area (Å²) in [6.45, 7) is 2.07. The molecule has 1 saturated carbocycles. The fraction of sp³-hybridized carbons (Fsp3) is 0.450. The lowest BCUT2D eigenvalue weighted by Crippen LogP contribution is -2.31. The number of halogens is 2. The molecule has 1 aliphatic heterocycles. The second-order valence-corrected chi connectivity index (χ2v) is 7.52. The quantitative estimate of drug-likeness (QED) is 0.388. The third-order valence-corrected chi connectivity index (χ3v) is 5.56. The number of hydrogen-bond donors (Lipinski definition) is 0. The average molecular weight is 426 g/mol. The maximum absolute atomic E-state index is 12.8. The van der Waals surface area contributed by atoms with Gasteiger partial charge in [0.1, 0.15) is 12.4 Å². The highest BCUT2D eigenvalue weighted by atomic mass is 35.5. The lowest BCUT2D eigenvalue weighted by atomic mass is 9.81. The van der Waals surface area contributed by atoms with Crippen LogP contribution in [-0.4, -0.2) is 31.0 Å². The van der Waals surface area contributed by atoms with Gasteiger partial charge in [-0.1, -0.05) is 36.0 Å². The van der Waals surface area contributed by atoms with Crippen LogP contribution in [-0.2, 0) is 19.1 Å². The first-order chi connectivity index (χ1) is 13.4. The van der Waals surface area contributed by atoms with Gasteiger partial charge in [-0.15, -0.1) is 0 Å². The van der Waals surface area contributed by atoms with Crippen molar-refractivity contribution in [2.45, 2.75) is 32.6 Å². The van der Waals surface area contributed by atoms with E-state index in [4.69, 9.17) is 32.7 Å². The molecule has 3 rings (SSSR count). The second kappa shape index (κ2) is 8.97. The number of benzene rings is 1. The van der Waals surface area contributed by atoms with Crippen LogP contribution in [0.15, 0.2) is 24.3 Å². The summed E-state index contributed by atoms with van der Waals surface area (Å²) < 4.78 is 10.4. The van der Waals surface area contributed by atoms with Gasteiger partial charge in [0, 0.05) is 12.1 Å². The van der Waals surface area contributed by atoms with Crippen LogP contribution in [0.4, 0.5) is 5.69 Å². The largest absolute Gasteiger partial charge is 0.488 e. The number of carbonyl (C=O) groups is 3. The maximum atomic E-state index is 12.8. The lowest BCUT2D eigenvalue weighted by Gasteiger charge is -2.19. The molecule has 0 spiro atoms. The predicted octanol–water partition coefficient (Wildman–Crippen LogP) is 4.17. The summed E-state index contributed by atoms with van der Waals surface area (Å²) in [6.07, 6.45) is 6.08. The highest BCUT2D eigenvalue weighted by Gasteiger charge is 2.49. The van der Waals surface area contributed by atoms with Gasteiger partial charge in [-0.25, -0.2) is 9.69 Å². The zero-order valence-corrected chi connectivity index (χ0v) is 17.0. The van der Waals surface area contributed by atoms with Crippen molar-refractivity contribution in [3.05, 3.63) is 34.3 Å². The van der Waals surface area contributed by atoms with Crippen LogP contribution in [0.1, 0.15) is 32.6 Å². The summed E-state index contributed by atoms with van der Waals surface area (Å²) in [5.41, 5.74) is 0.278. The van der Waals surface area contributed by atoms with Gasteiger partial charge < -0.3 is 9.47 Å². The Hall–Kier alpha value is -2.05. The Morgan fingerprint density at radius 1 is 1.14 bits per heavy atom. The molecule has 0 radical (unpaired) electrons. The summed E-state index contributed by atoms with van der Waals surface area (Å²) in [5.74, 6) is -1.18. The fourth-order valence-electron chi connectivity index (χ4n) is 3.67. The van der Waals surface area contributed by atoms with E-state index in [2.05, 4.69) is 0 Å². The van der Waals surface area contributed by atoms with E-state index in [1.54, 1.807) is 6.92 Å². The van der Waals surface area contributed by atoms with Crippen LogP contribution in [0.5, 0.6) is 5.75 Å². The third kappa shape index (κ3) is 4.18. The number of nitrogens with zero attached hydrogens (tertiary/aromatic N) is 1. The van der Waals surface area contributed by atoms with E-state index in [1.165, 1.54) is 29.2 Å². The Morgan fingerprint density at radius 3 is 2.39 bits per heavy atom. The molecule has 2 amide bonds. The molecule has 28 heavy (non-hydrogen) atoms. The number of anilines is 1. The molecule has 2 atom stereocenters. The number of amides is 2. The number of rotatable bonds is 6. The Balaban J connectivity index is 1.79. The highest BCUT2D eigenvalue weighted by molar-refractivity contribution is 6.39. The van der Waals surface area contributed by atoms with Gasteiger partial charge in [0.25, 0.3) is 0 Å². The molecule has 6 nitrogen and oxygen atoms in total. The number of ether oxygens (including phenoxy) is 2. The van der Waals surface area contributed by atoms with Crippen molar-refractivity contribution < 1.29 is 23.9 Å². The molecule has 1 aliphatic carbocycles. The minimum atomic E-state index is -0.468. The normalized spacial score (nSPS) is 21.9. The lowest BCUT2D eigenvalue weighted by molar-refractivity contribution is -0.137. The smallest absolute Gasteiger partial charge is 0.330 e. The van der Waals surface area contributed by atoms with Crippen molar-refractivity contribution in [3.63, 3.8) is 0 Å². The molecule has 1 saturated heterocycles. The van der Waals surface area contributed by atoms with Crippen LogP contribution in [0.2, 0.25) is 10.0 Å². The zero-order valence-electron chi connectivity index (χ0n) is 15.5. The van der Waals surface area contributed by atoms with Crippen molar-refractivity contribution in [2.24, 2.45) is 11.8 Å². The minimum Gasteiger partial charge on any atom is -0.488 e. The van der Waals surface area contributed by atoms with E-state index < -0.39 is 5.97 Å². The summed E-state index contributed by atoms with van der Waals surface area (Å²) in [4.78, 5) is 38.1. The molecule has 150 valence electrons. The zero-order chi connectivity index (χ0) is 20.3. The van der Waals surface area contributed by atoms with Crippen molar-refractivity contribution in [1.29, 1.82) is 0 Å². The van der Waals surface area contributed by atoms with Crippen molar-refractivity contribution in [1.82, 2.24) is 0 Å². The van der Waals surface area contributed by atoms with Crippen LogP contribution in [0, 0.1) is 11.8 Å². The van der Waals surface area contributed by atoms with Gasteiger partial charge in [-0.2, -0.15) is 0 Å². The number of carbonyl (C=O) groups excluding carboxylic acids is 3. The first kappa shape index (κ1) is 20.7. The van der Waals surface area contributed by atoms with Gasteiger partial charge >= 0.3 is 5.97 Å². The van der Waals surface area contributed by atoms with Crippen molar-refractivity contribution in [3.8, 4) is 5.75 Å². The topological polar surface area (TPSA) is 72.9 Å². The Morgan fingerprint density at radius 2 is 1.79 bits per heavy atom. The molecular formula is C20H21Cl2NO5. The molecular weight excluding hydrogens is 405 g/mol. The molecule has 0 bridgehead atoms. The number of fused-ring (bicyclic) bond motifs is 1. The van der Waals surface area contributed by atoms with E-state index in [0.717, 1.165) is 25.7 Å². The van der Waals surface area contributed by atoms with Gasteiger partial charge in [0.15, 0.2) is 0 Å². The van der Waals surface area contributed by atoms with E-state index >= 15 is 0 Å². The Labute approximate surface area is 173 Å². The molecule has 1 aromatic rings. The summed E-state index contributed by atoms with van der Waals surface area (Å²) >= 11 is 12.5. The van der Waals surface area contributed by atoms with Crippen LogP contribution in [0.25, 0.3) is 0 Å². The molecule has 1 heterocycles. The summed E-state index contributed by atoms with van der Waals surface area (Å²) in [6, 6.07) is 2.95. The van der Waals surface area contributed by atoms with Crippen LogP contribution >= 0.6 is 23.2 Å². The van der Waals surface area contributed by atoms with Gasteiger partial charge in [-0.05, 0) is 31.9 Å². The van der Waals surface area contributed by atoms with Crippen molar-refractivity contribution in [2.75, 3.05) is 18.1 Å². The summed E-state index contributed by atoms with van der Waals surface area (Å²) in [5, 5.41) is 0.453. The third-order valence-electron chi connectivity index (χ3n) is 4.96. The van der Waals surface area contributed by atoms with Crippen LogP contribution < -0.4 is 9.64 Å². The van der Waals surface area contributed by atoms with Gasteiger partial charge in [0.05, 0.1) is 34.2 Å². The first-order valence-corrected chi connectivity index (χ1v) is 10.0. The average Bonchev–Trinajstić information content (AvgIpc) is 2.92. The number of esters is 1. The van der Waals surface area contributed by atoms with E-state index in [0.29, 0.717) is 0 Å². The summed E-state index contributed by atoms with van der Waals surface area (Å²) in [7, 11) is 0. The SMILES string of the molecule is CCOC(=O)/C=C/COc1cc(N2C(=O)C3CCCCC3C2=O)c(Cl)cc1Cl.